The quantitative estimate of drug-likeness (QED) is 0.677. The number of anilines is 1. The van der Waals surface area contributed by atoms with Gasteiger partial charge in [0.25, 0.3) is 5.69 Å². The fourth-order valence-electron chi connectivity index (χ4n) is 2.67. The lowest BCUT2D eigenvalue weighted by atomic mass is 10.1. The van der Waals surface area contributed by atoms with Gasteiger partial charge in [-0.2, -0.15) is 0 Å². The molecule has 0 saturated carbocycles. The van der Waals surface area contributed by atoms with Crippen molar-refractivity contribution in [3.63, 3.8) is 0 Å². The third kappa shape index (κ3) is 2.41. The van der Waals surface area contributed by atoms with E-state index >= 15 is 0 Å². The molecule has 2 aromatic rings. The van der Waals surface area contributed by atoms with E-state index in [9.17, 15) is 15.2 Å². The van der Waals surface area contributed by atoms with E-state index in [2.05, 4.69) is 4.98 Å². The highest BCUT2D eigenvalue weighted by molar-refractivity contribution is 5.96. The number of aromatic nitrogens is 1. The topological polar surface area (TPSA) is 88.7 Å². The van der Waals surface area contributed by atoms with E-state index in [4.69, 9.17) is 4.74 Å². The van der Waals surface area contributed by atoms with E-state index in [0.29, 0.717) is 30.7 Å². The molecule has 1 aliphatic heterocycles. The normalized spacial score (nSPS) is 18.9. The number of ether oxygens (including phenoxy) is 1. The minimum atomic E-state index is -0.429. The highest BCUT2D eigenvalue weighted by atomic mass is 16.6. The van der Waals surface area contributed by atoms with E-state index in [1.165, 1.54) is 6.07 Å². The summed E-state index contributed by atoms with van der Waals surface area (Å²) in [4.78, 5) is 16.9. The molecule has 1 atom stereocenters. The number of para-hydroxylation sites is 1. The Balaban J connectivity index is 2.14. The van der Waals surface area contributed by atoms with E-state index in [1.54, 1.807) is 12.3 Å². The maximum absolute atomic E-state index is 11.1. The molecule has 110 valence electrons. The van der Waals surface area contributed by atoms with E-state index < -0.39 is 4.92 Å². The molecule has 1 fully saturated rings. The second-order valence-electron chi connectivity index (χ2n) is 4.87. The number of aliphatic hydroxyl groups is 1. The van der Waals surface area contributed by atoms with Crippen molar-refractivity contribution in [2.24, 2.45) is 0 Å². The molecule has 0 spiro atoms. The first-order chi connectivity index (χ1) is 10.2. The maximum atomic E-state index is 11.1. The standard InChI is InChI=1S/C14H15N3O4/c18-8-10-9-21-7-6-16(10)12-4-5-15-14-11(12)2-1-3-13(14)17(19)20/h1-5,10,18H,6-9H2. The Morgan fingerprint density at radius 2 is 2.33 bits per heavy atom. The Labute approximate surface area is 120 Å². The number of hydrogen-bond donors (Lipinski definition) is 1. The summed E-state index contributed by atoms with van der Waals surface area (Å²) in [6, 6.07) is 6.58. The summed E-state index contributed by atoms with van der Waals surface area (Å²) in [6.45, 7) is 1.61. The summed E-state index contributed by atoms with van der Waals surface area (Å²) in [5.41, 5.74) is 1.19. The number of morpholine rings is 1. The van der Waals surface area contributed by atoms with Crippen LogP contribution in [0.25, 0.3) is 10.9 Å². The average Bonchev–Trinajstić information content (AvgIpc) is 2.53. The Kier molecular flexibility index (Phi) is 3.68. The van der Waals surface area contributed by atoms with E-state index in [1.807, 2.05) is 17.0 Å². The number of nitro groups is 1. The molecule has 1 saturated heterocycles. The van der Waals surface area contributed by atoms with Gasteiger partial charge in [0, 0.05) is 29.9 Å². The molecular formula is C14H15N3O4. The summed E-state index contributed by atoms with van der Waals surface area (Å²) in [5, 5.41) is 21.3. The smallest absolute Gasteiger partial charge is 0.295 e. The average molecular weight is 289 g/mol. The molecule has 0 amide bonds. The van der Waals surface area contributed by atoms with Crippen molar-refractivity contribution in [1.82, 2.24) is 4.98 Å². The first-order valence-electron chi connectivity index (χ1n) is 6.69. The molecule has 0 radical (unpaired) electrons. The maximum Gasteiger partial charge on any atom is 0.295 e. The fraction of sp³-hybridized carbons (Fsp3) is 0.357. The molecule has 1 unspecified atom stereocenters. The van der Waals surface area contributed by atoms with Gasteiger partial charge in [-0.15, -0.1) is 0 Å². The number of hydrogen-bond acceptors (Lipinski definition) is 6. The molecule has 0 aliphatic carbocycles. The van der Waals surface area contributed by atoms with Crippen molar-refractivity contribution in [2.45, 2.75) is 6.04 Å². The van der Waals surface area contributed by atoms with Crippen LogP contribution in [0.5, 0.6) is 0 Å². The number of pyridine rings is 1. The van der Waals surface area contributed by atoms with Crippen LogP contribution in [0.3, 0.4) is 0 Å². The second-order valence-corrected chi connectivity index (χ2v) is 4.87. The molecule has 0 bridgehead atoms. The van der Waals surface area contributed by atoms with Crippen LogP contribution >= 0.6 is 0 Å². The van der Waals surface area contributed by atoms with Gasteiger partial charge >= 0.3 is 0 Å². The van der Waals surface area contributed by atoms with Gasteiger partial charge in [0.05, 0.1) is 30.8 Å². The second kappa shape index (κ2) is 5.63. The molecule has 7 nitrogen and oxygen atoms in total. The first kappa shape index (κ1) is 13.7. The molecule has 7 heteroatoms. The zero-order valence-electron chi connectivity index (χ0n) is 11.3. The number of rotatable bonds is 3. The number of nitro benzene ring substituents is 1. The van der Waals surface area contributed by atoms with Gasteiger partial charge in [0.15, 0.2) is 0 Å². The molecule has 3 rings (SSSR count). The van der Waals surface area contributed by atoms with Gasteiger partial charge in [-0.3, -0.25) is 10.1 Å². The Bertz CT molecular complexity index is 676. The van der Waals surface area contributed by atoms with Crippen LogP contribution in [0.4, 0.5) is 11.4 Å². The van der Waals surface area contributed by atoms with E-state index in [-0.39, 0.29) is 18.3 Å². The molecule has 2 heterocycles. The molecule has 1 aliphatic rings. The first-order valence-corrected chi connectivity index (χ1v) is 6.69. The lowest BCUT2D eigenvalue weighted by Gasteiger charge is -2.36. The van der Waals surface area contributed by atoms with Gasteiger partial charge in [-0.05, 0) is 6.07 Å². The summed E-state index contributed by atoms with van der Waals surface area (Å²) >= 11 is 0. The largest absolute Gasteiger partial charge is 0.394 e. The third-order valence-corrected chi connectivity index (χ3v) is 3.67. The van der Waals surface area contributed by atoms with Crippen molar-refractivity contribution >= 4 is 22.3 Å². The molecule has 21 heavy (non-hydrogen) atoms. The van der Waals surface area contributed by atoms with Gasteiger partial charge < -0.3 is 14.7 Å². The van der Waals surface area contributed by atoms with Gasteiger partial charge in [-0.25, -0.2) is 4.98 Å². The van der Waals surface area contributed by atoms with Crippen LogP contribution in [0.1, 0.15) is 0 Å². The number of non-ortho nitro benzene ring substituents is 1. The van der Waals surface area contributed by atoms with E-state index in [0.717, 1.165) is 5.69 Å². The van der Waals surface area contributed by atoms with Gasteiger partial charge in [0.2, 0.25) is 0 Å². The molecule has 1 aromatic carbocycles. The van der Waals surface area contributed by atoms with Crippen molar-refractivity contribution in [3.8, 4) is 0 Å². The lowest BCUT2D eigenvalue weighted by Crippen LogP contribution is -2.47. The SMILES string of the molecule is O=[N+]([O-])c1cccc2c(N3CCOCC3CO)ccnc12. The van der Waals surface area contributed by atoms with Crippen LogP contribution in [0, 0.1) is 10.1 Å². The van der Waals surface area contributed by atoms with Crippen LogP contribution in [-0.2, 0) is 4.74 Å². The molecule has 1 N–H and O–H groups in total. The summed E-state index contributed by atoms with van der Waals surface area (Å²) in [6.07, 6.45) is 1.56. The lowest BCUT2D eigenvalue weighted by molar-refractivity contribution is -0.383. The number of fused-ring (bicyclic) bond motifs is 1. The fourth-order valence-corrected chi connectivity index (χ4v) is 2.67. The highest BCUT2D eigenvalue weighted by Crippen LogP contribution is 2.32. The minimum Gasteiger partial charge on any atom is -0.394 e. The Morgan fingerprint density at radius 1 is 1.48 bits per heavy atom. The van der Waals surface area contributed by atoms with Gasteiger partial charge in [-0.1, -0.05) is 12.1 Å². The van der Waals surface area contributed by atoms with Gasteiger partial charge in [0.1, 0.15) is 5.52 Å². The van der Waals surface area contributed by atoms with Crippen LogP contribution in [0.2, 0.25) is 0 Å². The number of nitrogens with zero attached hydrogens (tertiary/aromatic N) is 3. The predicted molar refractivity (Wildman–Crippen MR) is 77.4 cm³/mol. The number of benzene rings is 1. The van der Waals surface area contributed by atoms with Crippen LogP contribution < -0.4 is 4.90 Å². The van der Waals surface area contributed by atoms with Crippen molar-refractivity contribution in [1.29, 1.82) is 0 Å². The molecule has 1 aromatic heterocycles. The zero-order chi connectivity index (χ0) is 14.8. The summed E-state index contributed by atoms with van der Waals surface area (Å²) in [7, 11) is 0. The molecular weight excluding hydrogens is 274 g/mol. The third-order valence-electron chi connectivity index (χ3n) is 3.67. The summed E-state index contributed by atoms with van der Waals surface area (Å²) in [5.74, 6) is 0. The Morgan fingerprint density at radius 3 is 3.10 bits per heavy atom. The van der Waals surface area contributed by atoms with Crippen molar-refractivity contribution in [3.05, 3.63) is 40.6 Å². The highest BCUT2D eigenvalue weighted by Gasteiger charge is 2.25. The Hall–Kier alpha value is -2.25. The zero-order valence-corrected chi connectivity index (χ0v) is 11.3. The monoisotopic (exact) mass is 289 g/mol. The van der Waals surface area contributed by atoms with Crippen LogP contribution in [-0.4, -0.2) is 47.4 Å². The van der Waals surface area contributed by atoms with Crippen molar-refractivity contribution < 1.29 is 14.8 Å². The minimum absolute atomic E-state index is 0.0110. The van der Waals surface area contributed by atoms with Crippen molar-refractivity contribution in [2.75, 3.05) is 31.3 Å². The van der Waals surface area contributed by atoms with Crippen LogP contribution in [0.15, 0.2) is 30.5 Å². The summed E-state index contributed by atoms with van der Waals surface area (Å²) < 4.78 is 5.37. The number of aliphatic hydroxyl groups excluding tert-OH is 1. The predicted octanol–water partition coefficient (Wildman–Crippen LogP) is 1.34.